The SMILES string of the molecule is COC(=O)N1CCC(N(C)c2ncnc3[nH]ccc23)CC1. The molecule has 2 aromatic heterocycles. The lowest BCUT2D eigenvalue weighted by molar-refractivity contribution is 0.112. The zero-order valence-corrected chi connectivity index (χ0v) is 12.2. The molecule has 2 aromatic rings. The molecule has 1 amide bonds. The molecule has 0 aliphatic carbocycles. The average Bonchev–Trinajstić information content (AvgIpc) is 3.02. The largest absolute Gasteiger partial charge is 0.453 e. The van der Waals surface area contributed by atoms with E-state index in [9.17, 15) is 4.79 Å². The van der Waals surface area contributed by atoms with Crippen LogP contribution in [-0.2, 0) is 4.74 Å². The minimum atomic E-state index is -0.244. The average molecular weight is 289 g/mol. The molecule has 0 aromatic carbocycles. The lowest BCUT2D eigenvalue weighted by Gasteiger charge is -2.36. The van der Waals surface area contributed by atoms with Gasteiger partial charge in [0.1, 0.15) is 17.8 Å². The highest BCUT2D eigenvalue weighted by molar-refractivity contribution is 5.87. The second-order valence-electron chi connectivity index (χ2n) is 5.24. The van der Waals surface area contributed by atoms with Crippen molar-refractivity contribution < 1.29 is 9.53 Å². The number of nitrogens with zero attached hydrogens (tertiary/aromatic N) is 4. The molecular weight excluding hydrogens is 270 g/mol. The number of ether oxygens (including phenoxy) is 1. The Morgan fingerprint density at radius 3 is 2.90 bits per heavy atom. The minimum Gasteiger partial charge on any atom is -0.453 e. The number of anilines is 1. The third kappa shape index (κ3) is 2.51. The Labute approximate surface area is 122 Å². The first-order valence-electron chi connectivity index (χ1n) is 7.04. The lowest BCUT2D eigenvalue weighted by atomic mass is 10.0. The predicted octanol–water partition coefficient (Wildman–Crippen LogP) is 1.62. The summed E-state index contributed by atoms with van der Waals surface area (Å²) in [5, 5.41) is 1.02. The fourth-order valence-corrected chi connectivity index (χ4v) is 2.88. The van der Waals surface area contributed by atoms with Crippen molar-refractivity contribution in [3.05, 3.63) is 18.6 Å². The summed E-state index contributed by atoms with van der Waals surface area (Å²) in [4.78, 5) is 27.2. The number of hydrogen-bond acceptors (Lipinski definition) is 5. The molecule has 1 N–H and O–H groups in total. The van der Waals surface area contributed by atoms with Gasteiger partial charge in [0.2, 0.25) is 0 Å². The van der Waals surface area contributed by atoms with Crippen molar-refractivity contribution in [3.63, 3.8) is 0 Å². The first-order valence-corrected chi connectivity index (χ1v) is 7.04. The smallest absolute Gasteiger partial charge is 0.409 e. The van der Waals surface area contributed by atoms with Crippen molar-refractivity contribution in [3.8, 4) is 0 Å². The zero-order chi connectivity index (χ0) is 14.8. The van der Waals surface area contributed by atoms with Gasteiger partial charge in [0, 0.05) is 32.4 Å². The number of carbonyl (C=O) groups excluding carboxylic acids is 1. The number of nitrogens with one attached hydrogen (secondary N) is 1. The highest BCUT2D eigenvalue weighted by Crippen LogP contribution is 2.26. The van der Waals surface area contributed by atoms with Crippen LogP contribution >= 0.6 is 0 Å². The van der Waals surface area contributed by atoms with E-state index in [4.69, 9.17) is 4.74 Å². The van der Waals surface area contributed by atoms with Gasteiger partial charge in [0.05, 0.1) is 12.5 Å². The van der Waals surface area contributed by atoms with Gasteiger partial charge in [-0.05, 0) is 18.9 Å². The standard InChI is InChI=1S/C14H19N5O2/c1-18(10-4-7-19(8-5-10)14(20)21-2)13-11-3-6-15-12(11)16-9-17-13/h3,6,9-10H,4-5,7-8H2,1-2H3,(H,15,16,17). The molecule has 0 radical (unpaired) electrons. The van der Waals surface area contributed by atoms with E-state index in [1.165, 1.54) is 7.11 Å². The molecule has 3 rings (SSSR count). The molecule has 1 aliphatic heterocycles. The van der Waals surface area contributed by atoms with Crippen molar-refractivity contribution in [2.45, 2.75) is 18.9 Å². The van der Waals surface area contributed by atoms with Crippen LogP contribution in [0.2, 0.25) is 0 Å². The van der Waals surface area contributed by atoms with Gasteiger partial charge in [0.15, 0.2) is 0 Å². The van der Waals surface area contributed by atoms with Crippen molar-refractivity contribution in [2.24, 2.45) is 0 Å². The van der Waals surface area contributed by atoms with Gasteiger partial charge in [-0.1, -0.05) is 0 Å². The summed E-state index contributed by atoms with van der Waals surface area (Å²) in [6.07, 6.45) is 5.01. The number of aromatic nitrogens is 3. The fraction of sp³-hybridized carbons (Fsp3) is 0.500. The van der Waals surface area contributed by atoms with Crippen LogP contribution in [0.25, 0.3) is 11.0 Å². The Balaban J connectivity index is 1.73. The number of aromatic amines is 1. The van der Waals surface area contributed by atoms with E-state index in [2.05, 4.69) is 19.9 Å². The van der Waals surface area contributed by atoms with E-state index in [0.717, 1.165) is 29.7 Å². The van der Waals surface area contributed by atoms with Gasteiger partial charge in [0.25, 0.3) is 0 Å². The number of piperidine rings is 1. The third-order valence-electron chi connectivity index (χ3n) is 4.11. The molecule has 0 spiro atoms. The Morgan fingerprint density at radius 2 is 2.19 bits per heavy atom. The molecular formula is C14H19N5O2. The molecule has 21 heavy (non-hydrogen) atoms. The van der Waals surface area contributed by atoms with E-state index in [1.54, 1.807) is 11.2 Å². The summed E-state index contributed by atoms with van der Waals surface area (Å²) in [6, 6.07) is 2.35. The van der Waals surface area contributed by atoms with Crippen LogP contribution in [0, 0.1) is 0 Å². The van der Waals surface area contributed by atoms with Crippen molar-refractivity contribution >= 4 is 22.9 Å². The van der Waals surface area contributed by atoms with E-state index in [1.807, 2.05) is 19.3 Å². The van der Waals surface area contributed by atoms with Crippen LogP contribution in [0.1, 0.15) is 12.8 Å². The van der Waals surface area contributed by atoms with Crippen LogP contribution in [0.4, 0.5) is 10.6 Å². The predicted molar refractivity (Wildman–Crippen MR) is 79.3 cm³/mol. The first kappa shape index (κ1) is 13.7. The molecule has 112 valence electrons. The van der Waals surface area contributed by atoms with Crippen molar-refractivity contribution in [1.29, 1.82) is 0 Å². The number of carbonyl (C=O) groups is 1. The number of methoxy groups -OCH3 is 1. The first-order chi connectivity index (χ1) is 10.2. The molecule has 0 saturated carbocycles. The maximum atomic E-state index is 11.5. The molecule has 1 fully saturated rings. The topological polar surface area (TPSA) is 74.3 Å². The zero-order valence-electron chi connectivity index (χ0n) is 12.2. The Hall–Kier alpha value is -2.31. The Bertz CT molecular complexity index is 633. The second-order valence-corrected chi connectivity index (χ2v) is 5.24. The number of H-pyrrole nitrogens is 1. The molecule has 0 atom stereocenters. The van der Waals surface area contributed by atoms with Gasteiger partial charge in [-0.25, -0.2) is 14.8 Å². The molecule has 1 saturated heterocycles. The minimum absolute atomic E-state index is 0.244. The summed E-state index contributed by atoms with van der Waals surface area (Å²) < 4.78 is 4.77. The van der Waals surface area contributed by atoms with Crippen LogP contribution < -0.4 is 4.90 Å². The number of fused-ring (bicyclic) bond motifs is 1. The van der Waals surface area contributed by atoms with Crippen LogP contribution in [0.15, 0.2) is 18.6 Å². The number of hydrogen-bond donors (Lipinski definition) is 1. The maximum Gasteiger partial charge on any atom is 0.409 e. The van der Waals surface area contributed by atoms with E-state index >= 15 is 0 Å². The Kier molecular flexibility index (Phi) is 3.64. The summed E-state index contributed by atoms with van der Waals surface area (Å²) >= 11 is 0. The maximum absolute atomic E-state index is 11.5. The third-order valence-corrected chi connectivity index (χ3v) is 4.11. The molecule has 1 aliphatic rings. The fourth-order valence-electron chi connectivity index (χ4n) is 2.88. The molecule has 3 heterocycles. The molecule has 7 heteroatoms. The highest BCUT2D eigenvalue weighted by atomic mass is 16.5. The summed E-state index contributed by atoms with van der Waals surface area (Å²) in [6.45, 7) is 1.42. The molecule has 0 bridgehead atoms. The summed E-state index contributed by atoms with van der Waals surface area (Å²) in [5.74, 6) is 0.928. The van der Waals surface area contributed by atoms with Crippen LogP contribution in [0.5, 0.6) is 0 Å². The van der Waals surface area contributed by atoms with Gasteiger partial charge in [-0.15, -0.1) is 0 Å². The van der Waals surface area contributed by atoms with Crippen molar-refractivity contribution in [2.75, 3.05) is 32.1 Å². The quantitative estimate of drug-likeness (QED) is 0.909. The summed E-state index contributed by atoms with van der Waals surface area (Å²) in [5.41, 5.74) is 0.846. The lowest BCUT2D eigenvalue weighted by Crippen LogP contribution is -2.45. The highest BCUT2D eigenvalue weighted by Gasteiger charge is 2.27. The second kappa shape index (κ2) is 5.59. The van der Waals surface area contributed by atoms with Crippen molar-refractivity contribution in [1.82, 2.24) is 19.9 Å². The Morgan fingerprint density at radius 1 is 1.43 bits per heavy atom. The number of amides is 1. The van der Waals surface area contributed by atoms with Gasteiger partial charge in [-0.3, -0.25) is 0 Å². The van der Waals surface area contributed by atoms with Gasteiger partial charge >= 0.3 is 6.09 Å². The van der Waals surface area contributed by atoms with Crippen LogP contribution in [-0.4, -0.2) is 59.2 Å². The van der Waals surface area contributed by atoms with Gasteiger partial charge < -0.3 is 19.5 Å². The summed E-state index contributed by atoms with van der Waals surface area (Å²) in [7, 11) is 3.47. The van der Waals surface area contributed by atoms with Gasteiger partial charge in [-0.2, -0.15) is 0 Å². The molecule has 0 unspecified atom stereocenters. The number of rotatable bonds is 2. The number of likely N-dealkylation sites (tertiary alicyclic amines) is 1. The molecule has 7 nitrogen and oxygen atoms in total. The van der Waals surface area contributed by atoms with E-state index in [0.29, 0.717) is 19.1 Å². The van der Waals surface area contributed by atoms with Crippen LogP contribution in [0.3, 0.4) is 0 Å². The normalized spacial score (nSPS) is 16.2. The monoisotopic (exact) mass is 289 g/mol. The van der Waals surface area contributed by atoms with E-state index in [-0.39, 0.29) is 6.09 Å². The van der Waals surface area contributed by atoms with E-state index < -0.39 is 0 Å².